The molecule has 8 heteroatoms. The van der Waals surface area contributed by atoms with Gasteiger partial charge < -0.3 is 10.2 Å². The minimum absolute atomic E-state index is 0.0746. The molecule has 0 bridgehead atoms. The summed E-state index contributed by atoms with van der Waals surface area (Å²) in [6.07, 6.45) is 0.348. The van der Waals surface area contributed by atoms with Crippen LogP contribution in [-0.2, 0) is 6.42 Å². The highest BCUT2D eigenvalue weighted by molar-refractivity contribution is 6.42. The molecular weight excluding hydrogens is 339 g/mol. The van der Waals surface area contributed by atoms with Crippen LogP contribution in [0.25, 0.3) is 16.7 Å². The minimum atomic E-state index is -0.230. The molecule has 3 aromatic rings. The van der Waals surface area contributed by atoms with Crippen LogP contribution in [0.1, 0.15) is 11.1 Å². The van der Waals surface area contributed by atoms with E-state index in [1.54, 1.807) is 18.2 Å². The number of nitriles is 1. The summed E-state index contributed by atoms with van der Waals surface area (Å²) in [6.45, 7) is -0.0746. The Morgan fingerprint density at radius 2 is 1.70 bits per heavy atom. The largest absolute Gasteiger partial charge is 0.504 e. The van der Waals surface area contributed by atoms with Gasteiger partial charge in [-0.15, -0.1) is 15.0 Å². The molecule has 0 atom stereocenters. The van der Waals surface area contributed by atoms with Gasteiger partial charge in [-0.3, -0.25) is 0 Å². The maximum absolute atomic E-state index is 10.2. The number of hydrogen-bond acceptors (Lipinski definition) is 5. The summed E-state index contributed by atoms with van der Waals surface area (Å²) in [5, 5.41) is 37.6. The van der Waals surface area contributed by atoms with Crippen LogP contribution in [0.5, 0.6) is 5.75 Å². The van der Waals surface area contributed by atoms with E-state index in [0.717, 1.165) is 0 Å². The summed E-state index contributed by atoms with van der Waals surface area (Å²) >= 11 is 11.9. The van der Waals surface area contributed by atoms with E-state index in [1.165, 1.54) is 10.9 Å². The first-order valence-corrected chi connectivity index (χ1v) is 7.38. The first-order valence-electron chi connectivity index (χ1n) is 6.63. The lowest BCUT2D eigenvalue weighted by molar-refractivity contribution is 0.299. The first-order chi connectivity index (χ1) is 11.0. The average Bonchev–Trinajstić information content (AvgIpc) is 2.92. The predicted molar refractivity (Wildman–Crippen MR) is 86.1 cm³/mol. The summed E-state index contributed by atoms with van der Waals surface area (Å²) in [4.78, 5) is 1.22. The smallest absolute Gasteiger partial charge is 0.160 e. The summed E-state index contributed by atoms with van der Waals surface area (Å²) in [5.41, 5.74) is 2.03. The number of fused-ring (bicyclic) bond motifs is 1. The third kappa shape index (κ3) is 2.82. The highest BCUT2D eigenvalue weighted by Gasteiger charge is 2.15. The van der Waals surface area contributed by atoms with Gasteiger partial charge in [-0.05, 0) is 36.2 Å². The van der Waals surface area contributed by atoms with Gasteiger partial charge in [0.05, 0.1) is 15.6 Å². The summed E-state index contributed by atoms with van der Waals surface area (Å²) in [5.74, 6) is -0.230. The van der Waals surface area contributed by atoms with E-state index in [4.69, 9.17) is 33.6 Å². The standard InChI is InChI=1S/C15H10Cl2N4O2/c16-10-5-12-13(6-11(10)17)20-21(19-12)14-4-8(1-2-22)3-9(7-18)15(14)23/h3-6,22-23H,1-2H2. The van der Waals surface area contributed by atoms with Crippen LogP contribution in [0.2, 0.25) is 10.0 Å². The zero-order valence-electron chi connectivity index (χ0n) is 11.7. The molecule has 0 radical (unpaired) electrons. The third-order valence-corrected chi connectivity index (χ3v) is 4.03. The van der Waals surface area contributed by atoms with Gasteiger partial charge in [0.15, 0.2) is 5.75 Å². The molecule has 1 aromatic heterocycles. The number of phenolic OH excluding ortho intramolecular Hbond substituents is 1. The summed E-state index contributed by atoms with van der Waals surface area (Å²) in [6, 6.07) is 8.20. The van der Waals surface area contributed by atoms with Crippen LogP contribution in [0.15, 0.2) is 24.3 Å². The lowest BCUT2D eigenvalue weighted by Crippen LogP contribution is -2.02. The number of aliphatic hydroxyl groups excluding tert-OH is 1. The molecule has 0 aliphatic rings. The van der Waals surface area contributed by atoms with Gasteiger partial charge in [-0.1, -0.05) is 23.2 Å². The second-order valence-electron chi connectivity index (χ2n) is 4.84. The molecule has 3 rings (SSSR count). The lowest BCUT2D eigenvalue weighted by atomic mass is 10.1. The predicted octanol–water partition coefficient (Wildman–Crippen LogP) is 2.84. The molecule has 0 amide bonds. The molecule has 0 aliphatic heterocycles. The second kappa shape index (κ2) is 6.05. The molecule has 0 aliphatic carbocycles. The van der Waals surface area contributed by atoms with Crippen molar-refractivity contribution in [3.8, 4) is 17.5 Å². The SMILES string of the molecule is N#Cc1cc(CCO)cc(-n2nc3cc(Cl)c(Cl)cc3n2)c1O. The first kappa shape index (κ1) is 15.6. The van der Waals surface area contributed by atoms with Gasteiger partial charge in [-0.25, -0.2) is 0 Å². The fraction of sp³-hybridized carbons (Fsp3) is 0.133. The van der Waals surface area contributed by atoms with Crippen LogP contribution in [0.3, 0.4) is 0 Å². The van der Waals surface area contributed by atoms with Crippen LogP contribution in [-0.4, -0.2) is 31.8 Å². The molecular formula is C15H10Cl2N4O2. The fourth-order valence-electron chi connectivity index (χ4n) is 2.21. The average molecular weight is 349 g/mol. The quantitative estimate of drug-likeness (QED) is 0.758. The Morgan fingerprint density at radius 3 is 2.22 bits per heavy atom. The fourth-order valence-corrected chi connectivity index (χ4v) is 2.52. The Labute approximate surface area is 141 Å². The normalized spacial score (nSPS) is 10.9. The van der Waals surface area contributed by atoms with Gasteiger partial charge in [0, 0.05) is 6.61 Å². The molecule has 0 unspecified atom stereocenters. The van der Waals surface area contributed by atoms with Gasteiger partial charge in [0.25, 0.3) is 0 Å². The van der Waals surface area contributed by atoms with Crippen molar-refractivity contribution in [2.24, 2.45) is 0 Å². The Bertz CT molecular complexity index is 908. The molecule has 2 N–H and O–H groups in total. The number of aliphatic hydroxyl groups is 1. The molecule has 2 aromatic carbocycles. The van der Waals surface area contributed by atoms with Crippen molar-refractivity contribution in [2.75, 3.05) is 6.61 Å². The number of phenols is 1. The van der Waals surface area contributed by atoms with E-state index >= 15 is 0 Å². The van der Waals surface area contributed by atoms with Crippen LogP contribution in [0, 0.1) is 11.3 Å². The van der Waals surface area contributed by atoms with E-state index in [-0.39, 0.29) is 23.6 Å². The molecule has 116 valence electrons. The number of benzene rings is 2. The van der Waals surface area contributed by atoms with Gasteiger partial charge in [0.2, 0.25) is 0 Å². The Balaban J connectivity index is 2.21. The van der Waals surface area contributed by atoms with E-state index < -0.39 is 0 Å². The van der Waals surface area contributed by atoms with Crippen molar-refractivity contribution >= 4 is 34.2 Å². The number of aromatic nitrogens is 3. The minimum Gasteiger partial charge on any atom is -0.504 e. The van der Waals surface area contributed by atoms with E-state index in [9.17, 15) is 5.11 Å². The van der Waals surface area contributed by atoms with Crippen LogP contribution in [0.4, 0.5) is 0 Å². The van der Waals surface area contributed by atoms with E-state index in [0.29, 0.717) is 33.1 Å². The second-order valence-corrected chi connectivity index (χ2v) is 5.66. The Hall–Kier alpha value is -2.33. The maximum Gasteiger partial charge on any atom is 0.160 e. The van der Waals surface area contributed by atoms with Crippen molar-refractivity contribution in [3.05, 3.63) is 45.4 Å². The topological polar surface area (TPSA) is 95.0 Å². The highest BCUT2D eigenvalue weighted by Crippen LogP contribution is 2.30. The summed E-state index contributed by atoms with van der Waals surface area (Å²) < 4.78 is 0. The summed E-state index contributed by atoms with van der Waals surface area (Å²) in [7, 11) is 0. The van der Waals surface area contributed by atoms with E-state index in [2.05, 4.69) is 10.2 Å². The lowest BCUT2D eigenvalue weighted by Gasteiger charge is -2.08. The molecule has 0 saturated carbocycles. The highest BCUT2D eigenvalue weighted by atomic mass is 35.5. The number of rotatable bonds is 3. The van der Waals surface area contributed by atoms with Crippen molar-refractivity contribution in [1.29, 1.82) is 5.26 Å². The van der Waals surface area contributed by atoms with Crippen molar-refractivity contribution in [3.63, 3.8) is 0 Å². The Morgan fingerprint density at radius 1 is 1.09 bits per heavy atom. The zero-order valence-corrected chi connectivity index (χ0v) is 13.2. The van der Waals surface area contributed by atoms with Crippen molar-refractivity contribution in [2.45, 2.75) is 6.42 Å². The zero-order chi connectivity index (χ0) is 16.6. The molecule has 6 nitrogen and oxygen atoms in total. The number of halogens is 2. The van der Waals surface area contributed by atoms with Gasteiger partial charge in [0.1, 0.15) is 22.8 Å². The maximum atomic E-state index is 10.2. The van der Waals surface area contributed by atoms with Crippen LogP contribution < -0.4 is 0 Å². The van der Waals surface area contributed by atoms with Crippen molar-refractivity contribution in [1.82, 2.24) is 15.0 Å². The number of hydrogen-bond donors (Lipinski definition) is 2. The van der Waals surface area contributed by atoms with E-state index in [1.807, 2.05) is 6.07 Å². The third-order valence-electron chi connectivity index (χ3n) is 3.31. The molecule has 0 fully saturated rings. The number of nitrogens with zero attached hydrogens (tertiary/aromatic N) is 4. The molecule has 23 heavy (non-hydrogen) atoms. The Kier molecular flexibility index (Phi) is 4.09. The molecule has 0 saturated heterocycles. The number of aromatic hydroxyl groups is 1. The van der Waals surface area contributed by atoms with Gasteiger partial charge in [-0.2, -0.15) is 5.26 Å². The van der Waals surface area contributed by atoms with Gasteiger partial charge >= 0.3 is 0 Å². The molecule has 0 spiro atoms. The molecule has 1 heterocycles. The monoisotopic (exact) mass is 348 g/mol. The van der Waals surface area contributed by atoms with Crippen LogP contribution >= 0.6 is 23.2 Å². The van der Waals surface area contributed by atoms with Crippen molar-refractivity contribution < 1.29 is 10.2 Å².